The minimum absolute atomic E-state index is 0.115. The molecule has 2 aliphatic rings. The molecule has 2 fully saturated rings. The van der Waals surface area contributed by atoms with Crippen molar-refractivity contribution in [2.45, 2.75) is 76.4 Å². The molecule has 12 heteroatoms. The van der Waals surface area contributed by atoms with Gasteiger partial charge in [-0.25, -0.2) is 4.39 Å². The Kier molecular flexibility index (Phi) is 7.21. The molecule has 1 N–H and O–H groups in total. The maximum absolute atomic E-state index is 14.5. The van der Waals surface area contributed by atoms with Crippen molar-refractivity contribution in [1.29, 1.82) is 0 Å². The van der Waals surface area contributed by atoms with Crippen LogP contribution in [0.4, 0.5) is 27.6 Å². The summed E-state index contributed by atoms with van der Waals surface area (Å²) in [5.74, 6) is -7.57. The van der Waals surface area contributed by atoms with Gasteiger partial charge < -0.3 is 24.3 Å². The van der Waals surface area contributed by atoms with Crippen LogP contribution in [0.2, 0.25) is 0 Å². The Balaban J connectivity index is 1.64. The van der Waals surface area contributed by atoms with Gasteiger partial charge in [-0.2, -0.15) is 17.6 Å². The summed E-state index contributed by atoms with van der Waals surface area (Å²) in [6.45, 7) is 7.45. The van der Waals surface area contributed by atoms with Crippen LogP contribution in [0.25, 0.3) is 0 Å². The highest BCUT2D eigenvalue weighted by atomic mass is 19.4. The zero-order valence-electron chi connectivity index (χ0n) is 21.7. The largest absolute Gasteiger partial charge is 0.493 e. The second-order valence-corrected chi connectivity index (χ2v) is 10.2. The van der Waals surface area contributed by atoms with Gasteiger partial charge in [0.05, 0.1) is 30.8 Å². The van der Waals surface area contributed by atoms with Crippen LogP contribution in [0.1, 0.15) is 57.9 Å². The van der Waals surface area contributed by atoms with Crippen LogP contribution >= 0.6 is 0 Å². The van der Waals surface area contributed by atoms with Crippen molar-refractivity contribution in [3.05, 3.63) is 53.4 Å². The number of amides is 1. The second kappa shape index (κ2) is 9.73. The van der Waals surface area contributed by atoms with E-state index in [0.717, 1.165) is 26.2 Å². The number of nitrogens with zero attached hydrogens (tertiary/aromatic N) is 1. The zero-order chi connectivity index (χ0) is 28.2. The summed E-state index contributed by atoms with van der Waals surface area (Å²) in [5.41, 5.74) is -2.13. The summed E-state index contributed by atoms with van der Waals surface area (Å²) >= 11 is 0. The number of aromatic nitrogens is 1. The molecule has 2 aromatic rings. The number of rotatable bonds is 5. The number of hydrogen-bond acceptors (Lipinski definition) is 6. The molecule has 1 aromatic carbocycles. The molecule has 4 rings (SSSR count). The minimum atomic E-state index is -4.86. The van der Waals surface area contributed by atoms with Crippen LogP contribution in [-0.2, 0) is 19.0 Å². The smallest absolute Gasteiger partial charge is 0.417 e. The first-order valence-electron chi connectivity index (χ1n) is 12.0. The Hall–Kier alpha value is -2.83. The van der Waals surface area contributed by atoms with Gasteiger partial charge in [0, 0.05) is 17.4 Å². The van der Waals surface area contributed by atoms with Gasteiger partial charge in [0.2, 0.25) is 5.82 Å². The molecule has 0 bridgehead atoms. The average Bonchev–Trinajstić information content (AvgIpc) is 3.27. The number of methoxy groups -OCH3 is 1. The Labute approximate surface area is 216 Å². The lowest BCUT2D eigenvalue weighted by Gasteiger charge is -2.32. The van der Waals surface area contributed by atoms with Crippen LogP contribution in [0.5, 0.6) is 5.75 Å². The molecule has 208 valence electrons. The van der Waals surface area contributed by atoms with Crippen molar-refractivity contribution in [3.63, 3.8) is 0 Å². The molecule has 1 amide bonds. The predicted molar refractivity (Wildman–Crippen MR) is 125 cm³/mol. The normalized spacial score (nSPS) is 30.9. The van der Waals surface area contributed by atoms with E-state index in [1.165, 1.54) is 19.2 Å². The van der Waals surface area contributed by atoms with E-state index in [1.54, 1.807) is 19.9 Å². The number of hydrogen-bond donors (Lipinski definition) is 1. The highest BCUT2D eigenvalue weighted by Crippen LogP contribution is 2.55. The molecule has 1 aromatic heterocycles. The van der Waals surface area contributed by atoms with Crippen LogP contribution in [0.3, 0.4) is 0 Å². The maximum atomic E-state index is 14.5. The summed E-state index contributed by atoms with van der Waals surface area (Å²) in [6.07, 6.45) is -5.96. The van der Waals surface area contributed by atoms with Gasteiger partial charge in [0.15, 0.2) is 23.0 Å². The van der Waals surface area contributed by atoms with Crippen LogP contribution < -0.4 is 10.1 Å². The molecule has 0 aliphatic carbocycles. The number of halogens is 5. The number of nitrogens with one attached hydrogen (secondary N) is 1. The van der Waals surface area contributed by atoms with Crippen LogP contribution in [-0.4, -0.2) is 47.8 Å². The summed E-state index contributed by atoms with van der Waals surface area (Å²) in [6, 6.07) is 5.01. The molecular formula is C26H29F5N2O5. The molecule has 0 unspecified atom stereocenters. The maximum Gasteiger partial charge on any atom is 0.417 e. The summed E-state index contributed by atoms with van der Waals surface area (Å²) in [4.78, 5) is 17.6. The highest BCUT2D eigenvalue weighted by molar-refractivity contribution is 5.95. The molecule has 3 heterocycles. The topological polar surface area (TPSA) is 78.9 Å². The van der Waals surface area contributed by atoms with E-state index >= 15 is 0 Å². The first kappa shape index (κ1) is 28.2. The third kappa shape index (κ3) is 4.85. The summed E-state index contributed by atoms with van der Waals surface area (Å²) < 4.78 is 92.6. The third-order valence-corrected chi connectivity index (χ3v) is 7.22. The fraction of sp³-hybridized carbons (Fsp3) is 0.538. The SMILES string of the molecule is COc1c([C@H]2[C@H](C(=O)Nc3ccc([C@@H]4OC(C)(C)O[C@H]4C)nc3)O[C@@](C)(C(F)(F)F)[C@H]2C)ccc(F)c1F. The van der Waals surface area contributed by atoms with Gasteiger partial charge >= 0.3 is 6.18 Å². The van der Waals surface area contributed by atoms with Gasteiger partial charge in [-0.3, -0.25) is 9.78 Å². The number of benzene rings is 1. The van der Waals surface area contributed by atoms with Gasteiger partial charge in [-0.1, -0.05) is 13.0 Å². The van der Waals surface area contributed by atoms with Crippen molar-refractivity contribution < 1.29 is 45.7 Å². The van der Waals surface area contributed by atoms with Crippen LogP contribution in [0, 0.1) is 17.6 Å². The molecular weight excluding hydrogens is 515 g/mol. The van der Waals surface area contributed by atoms with E-state index in [2.05, 4.69) is 10.3 Å². The number of carbonyl (C=O) groups excluding carboxylic acids is 1. The van der Waals surface area contributed by atoms with Gasteiger partial charge in [0.25, 0.3) is 5.91 Å². The first-order chi connectivity index (χ1) is 17.6. The monoisotopic (exact) mass is 544 g/mol. The fourth-order valence-corrected chi connectivity index (χ4v) is 5.14. The van der Waals surface area contributed by atoms with Gasteiger partial charge in [0.1, 0.15) is 12.2 Å². The van der Waals surface area contributed by atoms with Crippen molar-refractivity contribution in [2.75, 3.05) is 12.4 Å². The Morgan fingerprint density at radius 1 is 1.05 bits per heavy atom. The number of ether oxygens (including phenoxy) is 4. The number of pyridine rings is 1. The molecule has 0 radical (unpaired) electrons. The number of alkyl halides is 3. The second-order valence-electron chi connectivity index (χ2n) is 10.2. The van der Waals surface area contributed by atoms with Crippen molar-refractivity contribution in [1.82, 2.24) is 4.98 Å². The Morgan fingerprint density at radius 3 is 2.26 bits per heavy atom. The fourth-order valence-electron chi connectivity index (χ4n) is 5.14. The number of anilines is 1. The van der Waals surface area contributed by atoms with E-state index in [-0.39, 0.29) is 17.4 Å². The predicted octanol–water partition coefficient (Wildman–Crippen LogP) is 5.66. The van der Waals surface area contributed by atoms with E-state index in [9.17, 15) is 26.7 Å². The molecule has 6 atom stereocenters. The highest BCUT2D eigenvalue weighted by Gasteiger charge is 2.66. The third-order valence-electron chi connectivity index (χ3n) is 7.22. The van der Waals surface area contributed by atoms with E-state index in [4.69, 9.17) is 18.9 Å². The standard InChI is InChI=1S/C26H29F5N2O5/c1-12-18(15-8-9-16(27)19(28)21(15)35-6)22(38-25(12,5)26(29,30)31)23(34)33-14-7-10-17(32-11-14)20-13(2)36-24(3,4)37-20/h7-13,18,20,22H,1-6H3,(H,33,34)/t12-,13-,18-,20+,22+,25+/m0/s1. The van der Waals surface area contributed by atoms with E-state index in [0.29, 0.717) is 5.69 Å². The Morgan fingerprint density at radius 2 is 1.74 bits per heavy atom. The molecule has 2 aliphatic heterocycles. The van der Waals surface area contributed by atoms with Crippen molar-refractivity contribution in [3.8, 4) is 5.75 Å². The molecule has 0 saturated carbocycles. The Bertz CT molecular complexity index is 1210. The molecule has 2 saturated heterocycles. The van der Waals surface area contributed by atoms with Gasteiger partial charge in [-0.05, 0) is 45.9 Å². The number of carbonyl (C=O) groups is 1. The minimum Gasteiger partial charge on any atom is -0.493 e. The zero-order valence-corrected chi connectivity index (χ0v) is 21.7. The van der Waals surface area contributed by atoms with Crippen molar-refractivity contribution >= 4 is 11.6 Å². The average molecular weight is 545 g/mol. The van der Waals surface area contributed by atoms with Gasteiger partial charge in [-0.15, -0.1) is 0 Å². The first-order valence-corrected chi connectivity index (χ1v) is 12.0. The van der Waals surface area contributed by atoms with Crippen molar-refractivity contribution in [2.24, 2.45) is 5.92 Å². The lowest BCUT2D eigenvalue weighted by Crippen LogP contribution is -2.47. The molecule has 38 heavy (non-hydrogen) atoms. The van der Waals surface area contributed by atoms with E-state index < -0.39 is 64.9 Å². The summed E-state index contributed by atoms with van der Waals surface area (Å²) in [5, 5.41) is 2.53. The molecule has 0 spiro atoms. The molecule has 7 nitrogen and oxygen atoms in total. The quantitative estimate of drug-likeness (QED) is 0.490. The summed E-state index contributed by atoms with van der Waals surface area (Å²) in [7, 11) is 1.06. The lowest BCUT2D eigenvalue weighted by atomic mass is 9.77. The van der Waals surface area contributed by atoms with E-state index in [1.807, 2.05) is 6.92 Å². The van der Waals surface area contributed by atoms with Crippen LogP contribution in [0.15, 0.2) is 30.5 Å². The lowest BCUT2D eigenvalue weighted by molar-refractivity contribution is -0.272.